The Labute approximate surface area is 399 Å². The number of amides is 1. The highest BCUT2D eigenvalue weighted by molar-refractivity contribution is 5.80. The van der Waals surface area contributed by atoms with Crippen LogP contribution in [0.2, 0.25) is 0 Å². The van der Waals surface area contributed by atoms with E-state index in [4.69, 9.17) is 24.7 Å². The van der Waals surface area contributed by atoms with Crippen molar-refractivity contribution in [1.82, 2.24) is 5.32 Å². The number of nitrogens with two attached hydrogens (primary N) is 1. The second-order valence-electron chi connectivity index (χ2n) is 18.9. The first-order valence-electron chi connectivity index (χ1n) is 23.4. The van der Waals surface area contributed by atoms with Gasteiger partial charge in [0.1, 0.15) is 12.2 Å². The van der Waals surface area contributed by atoms with Gasteiger partial charge < -0.3 is 86.2 Å². The largest absolute Gasteiger partial charge is 0.462 e. The summed E-state index contributed by atoms with van der Waals surface area (Å²) in [5.74, 6) is -5.38. The van der Waals surface area contributed by atoms with Gasteiger partial charge in [-0.25, -0.2) is 0 Å². The molecule has 2 fully saturated rings. The van der Waals surface area contributed by atoms with E-state index in [9.17, 15) is 65.8 Å². The van der Waals surface area contributed by atoms with Gasteiger partial charge in [0.2, 0.25) is 5.91 Å². The van der Waals surface area contributed by atoms with Crippen molar-refractivity contribution in [3.63, 3.8) is 0 Å². The standard InChI is InChI=1S/C49H78N2O17/c1-30-17-15-13-11-9-7-5-6-8-10-12-14-16-18-35(67-47-45(61)44(50)40(59)28-65-47)25-41-43(46(62)51-29-48(3,4)63)39(58)27-49(64,68-41)26-34(54)23-38(57)36(55)20-19-32(52)22-33(53)24-42(60)66-31(2)21-37(30)56/h5-18,30-41,43-45,47,52-59,61,63-64H,19-29,50H2,1-4H3,(H,51,62)/b6-5+,9-7+,10-8+,13-11+,14-12+,17-15+,18-16+/t30-,31-,32?,33?,34?,35?,36?,37-,38+,39-,40+,41-,43+,44-,45-,47-,49?/m0/s1. The van der Waals surface area contributed by atoms with Crippen LogP contribution < -0.4 is 11.1 Å². The zero-order chi connectivity index (χ0) is 50.6. The van der Waals surface area contributed by atoms with Crippen LogP contribution in [-0.4, -0.2) is 178 Å². The van der Waals surface area contributed by atoms with Gasteiger partial charge in [-0.15, -0.1) is 0 Å². The summed E-state index contributed by atoms with van der Waals surface area (Å²) in [6, 6.07) is -1.13. The molecule has 0 radical (unpaired) electrons. The van der Waals surface area contributed by atoms with Crippen molar-refractivity contribution in [1.29, 1.82) is 0 Å². The number of fused-ring (bicyclic) bond motifs is 2. The minimum Gasteiger partial charge on any atom is -0.462 e. The summed E-state index contributed by atoms with van der Waals surface area (Å²) in [5, 5.41) is 122. The first kappa shape index (κ1) is 58.8. The van der Waals surface area contributed by atoms with Crippen LogP contribution >= 0.6 is 0 Å². The third kappa shape index (κ3) is 21.7. The molecule has 6 unspecified atom stereocenters. The molecular formula is C49H78N2O17. The molecule has 0 aliphatic carbocycles. The maximum atomic E-state index is 13.7. The fraction of sp³-hybridized carbons (Fsp3) is 0.673. The van der Waals surface area contributed by atoms with E-state index >= 15 is 0 Å². The monoisotopic (exact) mass is 967 g/mol. The number of carbonyl (C=O) groups excluding carboxylic acids is 2. The van der Waals surface area contributed by atoms with E-state index < -0.39 is 140 Å². The van der Waals surface area contributed by atoms with Gasteiger partial charge in [-0.3, -0.25) is 9.59 Å². The van der Waals surface area contributed by atoms with Crippen LogP contribution in [0.1, 0.15) is 85.5 Å². The van der Waals surface area contributed by atoms with Crippen molar-refractivity contribution in [2.24, 2.45) is 17.6 Å². The van der Waals surface area contributed by atoms with E-state index in [2.05, 4.69) is 5.32 Å². The van der Waals surface area contributed by atoms with Crippen LogP contribution in [0.25, 0.3) is 0 Å². The molecule has 19 heteroatoms. The maximum absolute atomic E-state index is 13.7. The molecule has 19 nitrogen and oxygen atoms in total. The lowest BCUT2D eigenvalue weighted by molar-refractivity contribution is -0.304. The molecule has 0 aromatic carbocycles. The Kier molecular flexibility index (Phi) is 25.1. The Morgan fingerprint density at radius 2 is 1.32 bits per heavy atom. The fourth-order valence-electron chi connectivity index (χ4n) is 7.93. The molecule has 14 N–H and O–H groups in total. The van der Waals surface area contributed by atoms with Gasteiger partial charge in [-0.2, -0.15) is 0 Å². The SMILES string of the molecule is C[C@H]1C[C@H](O)[C@@H](C)/C=C/C=C/C=C/C=C/C=C/C=C/C=C/C(O[C@@H]2OC[C@@H](O)[C@H](N)[C@@H]2O)C[C@@H]2OC(O)(CC(O)C[C@@H](O)C(O)CCC(O)CC(O)CC(=O)O1)C[C@H](O)[C@H]2C(=O)NCC(C)(C)O. The van der Waals surface area contributed by atoms with Crippen LogP contribution in [0.4, 0.5) is 0 Å². The topological polar surface area (TPSA) is 332 Å². The molecule has 3 aliphatic rings. The van der Waals surface area contributed by atoms with Gasteiger partial charge in [-0.05, 0) is 40.0 Å². The molecule has 3 rings (SSSR count). The number of rotatable bonds is 5. The number of carbonyl (C=O) groups is 2. The first-order valence-corrected chi connectivity index (χ1v) is 23.4. The van der Waals surface area contributed by atoms with Gasteiger partial charge in [-0.1, -0.05) is 92.0 Å². The number of nitrogens with one attached hydrogen (secondary N) is 1. The third-order valence-corrected chi connectivity index (χ3v) is 11.8. The second kappa shape index (κ2) is 29.0. The molecule has 3 aliphatic heterocycles. The summed E-state index contributed by atoms with van der Waals surface area (Å²) in [7, 11) is 0. The van der Waals surface area contributed by atoms with Gasteiger partial charge >= 0.3 is 5.97 Å². The molecule has 17 atom stereocenters. The maximum Gasteiger partial charge on any atom is 0.308 e. The van der Waals surface area contributed by atoms with Crippen LogP contribution in [0.5, 0.6) is 0 Å². The molecule has 0 aromatic rings. The predicted molar refractivity (Wildman–Crippen MR) is 250 cm³/mol. The second-order valence-corrected chi connectivity index (χ2v) is 18.9. The number of allylic oxidation sites excluding steroid dienone is 12. The highest BCUT2D eigenvalue weighted by Gasteiger charge is 2.50. The quantitative estimate of drug-likeness (QED) is 0.160. The molecule has 68 heavy (non-hydrogen) atoms. The Morgan fingerprint density at radius 3 is 1.93 bits per heavy atom. The predicted octanol–water partition coefficient (Wildman–Crippen LogP) is -0.120. The molecule has 0 aromatic heterocycles. The average Bonchev–Trinajstić information content (AvgIpc) is 3.23. The van der Waals surface area contributed by atoms with Crippen molar-refractivity contribution in [3.8, 4) is 0 Å². The van der Waals surface area contributed by atoms with Gasteiger partial charge in [0.05, 0.1) is 91.6 Å². The third-order valence-electron chi connectivity index (χ3n) is 11.8. The molecule has 0 saturated carbocycles. The fourth-order valence-corrected chi connectivity index (χ4v) is 7.93. The van der Waals surface area contributed by atoms with Gasteiger partial charge in [0.25, 0.3) is 0 Å². The summed E-state index contributed by atoms with van der Waals surface area (Å²) in [6.45, 7) is 5.92. The normalized spacial score (nSPS) is 42.0. The zero-order valence-electron chi connectivity index (χ0n) is 39.5. The zero-order valence-corrected chi connectivity index (χ0v) is 39.5. The van der Waals surface area contributed by atoms with Crippen molar-refractivity contribution >= 4 is 11.9 Å². The molecule has 2 saturated heterocycles. The van der Waals surface area contributed by atoms with Crippen LogP contribution in [-0.2, 0) is 28.5 Å². The van der Waals surface area contributed by atoms with Crippen molar-refractivity contribution in [3.05, 3.63) is 85.1 Å². The lowest BCUT2D eigenvalue weighted by Crippen LogP contribution is -2.60. The number of hydrogen-bond acceptors (Lipinski definition) is 18. The lowest BCUT2D eigenvalue weighted by atomic mass is 9.82. The number of cyclic esters (lactones) is 1. The number of aliphatic hydroxyl groups is 11. The molecule has 386 valence electrons. The molecule has 2 bridgehead atoms. The summed E-state index contributed by atoms with van der Waals surface area (Å²) in [6.07, 6.45) is 5.19. The molecule has 3 heterocycles. The van der Waals surface area contributed by atoms with Gasteiger partial charge in [0, 0.05) is 44.6 Å². The highest BCUT2D eigenvalue weighted by atomic mass is 16.7. The first-order chi connectivity index (χ1) is 32.0. The molecule has 0 spiro atoms. The average molecular weight is 967 g/mol. The number of hydrogen-bond donors (Lipinski definition) is 13. The van der Waals surface area contributed by atoms with Crippen molar-refractivity contribution in [2.75, 3.05) is 13.2 Å². The van der Waals surface area contributed by atoms with Crippen molar-refractivity contribution in [2.45, 2.75) is 182 Å². The number of esters is 1. The highest BCUT2D eigenvalue weighted by Crippen LogP contribution is 2.38. The Bertz CT molecular complexity index is 1730. The summed E-state index contributed by atoms with van der Waals surface area (Å²) < 4.78 is 23.2. The Morgan fingerprint density at radius 1 is 0.735 bits per heavy atom. The Hall–Kier alpha value is -3.48. The minimum atomic E-state index is -2.30. The van der Waals surface area contributed by atoms with E-state index in [1.807, 2.05) is 25.2 Å². The van der Waals surface area contributed by atoms with E-state index in [0.29, 0.717) is 0 Å². The van der Waals surface area contributed by atoms with E-state index in [1.165, 1.54) is 13.8 Å². The summed E-state index contributed by atoms with van der Waals surface area (Å²) in [4.78, 5) is 26.2. The van der Waals surface area contributed by atoms with E-state index in [1.54, 1.807) is 73.8 Å². The number of aliphatic hydroxyl groups excluding tert-OH is 9. The summed E-state index contributed by atoms with van der Waals surface area (Å²) in [5.41, 5.74) is 4.66. The van der Waals surface area contributed by atoms with Crippen LogP contribution in [0.15, 0.2) is 85.1 Å². The molecular weight excluding hydrogens is 889 g/mol. The van der Waals surface area contributed by atoms with Crippen LogP contribution in [0, 0.1) is 11.8 Å². The number of ether oxygens (including phenoxy) is 4. The lowest BCUT2D eigenvalue weighted by Gasteiger charge is -2.45. The van der Waals surface area contributed by atoms with Crippen LogP contribution in [0.3, 0.4) is 0 Å². The molecule has 1 amide bonds. The summed E-state index contributed by atoms with van der Waals surface area (Å²) >= 11 is 0. The van der Waals surface area contributed by atoms with Crippen molar-refractivity contribution < 1.29 is 84.7 Å². The van der Waals surface area contributed by atoms with E-state index in [-0.39, 0.29) is 51.2 Å². The Balaban J connectivity index is 1.91. The van der Waals surface area contributed by atoms with E-state index in [0.717, 1.165) is 0 Å². The van der Waals surface area contributed by atoms with Gasteiger partial charge in [0.15, 0.2) is 12.1 Å². The minimum absolute atomic E-state index is 0.103. The smallest absolute Gasteiger partial charge is 0.308 e.